The third-order valence-corrected chi connectivity index (χ3v) is 17.9. The maximum atomic E-state index is 14.1. The van der Waals surface area contributed by atoms with Crippen LogP contribution in [-0.4, -0.2) is 63.3 Å². The Morgan fingerprint density at radius 2 is 1.63 bits per heavy atom. The number of benzene rings is 4. The largest absolute Gasteiger partial charge is 0.415 e. The number of hydrogen-bond acceptors (Lipinski definition) is 7. The summed E-state index contributed by atoms with van der Waals surface area (Å²) >= 11 is 7.33. The number of halogens is 1. The molecule has 1 amide bonds. The molecule has 1 atom stereocenters. The quantitative estimate of drug-likeness (QED) is 0.104. The van der Waals surface area contributed by atoms with Gasteiger partial charge in [-0.15, -0.1) is 11.3 Å². The number of amides is 1. The molecule has 6 rings (SSSR count). The van der Waals surface area contributed by atoms with Crippen LogP contribution in [0.4, 0.5) is 5.69 Å². The molecule has 1 aliphatic heterocycles. The number of sulfonamides is 1. The lowest BCUT2D eigenvalue weighted by atomic mass is 10.0. The predicted octanol–water partition coefficient (Wildman–Crippen LogP) is 9.02. The molecular formula is C40H41ClN4O4S2Si. The molecule has 12 heteroatoms. The van der Waals surface area contributed by atoms with Gasteiger partial charge in [-0.3, -0.25) is 4.79 Å². The molecule has 4 aromatic carbocycles. The van der Waals surface area contributed by atoms with E-state index in [2.05, 4.69) is 39.9 Å². The molecule has 1 fully saturated rings. The molecule has 5 aromatic rings. The first kappa shape index (κ1) is 37.6. The van der Waals surface area contributed by atoms with Crippen molar-refractivity contribution < 1.29 is 17.6 Å². The summed E-state index contributed by atoms with van der Waals surface area (Å²) in [5.74, 6) is -0.327. The van der Waals surface area contributed by atoms with Gasteiger partial charge < -0.3 is 9.33 Å². The highest BCUT2D eigenvalue weighted by molar-refractivity contribution is 7.91. The number of carbonyl (C=O) groups is 1. The van der Waals surface area contributed by atoms with Gasteiger partial charge in [-0.1, -0.05) is 105 Å². The third kappa shape index (κ3) is 8.08. The van der Waals surface area contributed by atoms with Crippen molar-refractivity contribution in [1.82, 2.24) is 9.21 Å². The fourth-order valence-electron chi connectivity index (χ4n) is 5.81. The highest BCUT2D eigenvalue weighted by Crippen LogP contribution is 2.38. The van der Waals surface area contributed by atoms with Crippen molar-refractivity contribution in [3.8, 4) is 6.07 Å². The van der Waals surface area contributed by atoms with Crippen LogP contribution in [0.2, 0.25) is 23.2 Å². The summed E-state index contributed by atoms with van der Waals surface area (Å²) in [5, 5.41) is 11.3. The Labute approximate surface area is 316 Å². The Morgan fingerprint density at radius 1 is 0.981 bits per heavy atom. The number of thiophene rings is 1. The van der Waals surface area contributed by atoms with Gasteiger partial charge in [0.05, 0.1) is 36.2 Å². The number of aliphatic imine (C=N–C) groups is 1. The van der Waals surface area contributed by atoms with Crippen molar-refractivity contribution in [3.05, 3.63) is 130 Å². The van der Waals surface area contributed by atoms with Gasteiger partial charge in [0, 0.05) is 33.9 Å². The molecular weight excluding hydrogens is 728 g/mol. The standard InChI is InChI=1S/C40H41ClN4O4S2Si/c1-40(2,3)52(4,5)49-27-34-25-44(51(47,48)38-21-31-18-19-33(41)22-36(31)50-38)26-37(46)45(34)24-28-16-17-32(23-42)35(20-28)43-39(29-12-8-6-9-13-29)30-14-10-7-11-15-30/h6-22,34H,24-27H2,1-5H3/t34-/m1/s1. The van der Waals surface area contributed by atoms with E-state index in [1.807, 2.05) is 72.8 Å². The van der Waals surface area contributed by atoms with Crippen LogP contribution in [0.3, 0.4) is 0 Å². The number of carbonyl (C=O) groups excluding carboxylic acids is 1. The topological polar surface area (TPSA) is 103 Å². The van der Waals surface area contributed by atoms with Crippen molar-refractivity contribution in [1.29, 1.82) is 5.26 Å². The number of fused-ring (bicyclic) bond motifs is 1. The fraction of sp³-hybridized carbons (Fsp3) is 0.275. The monoisotopic (exact) mass is 768 g/mol. The zero-order valence-corrected chi connectivity index (χ0v) is 33.2. The average Bonchev–Trinajstić information content (AvgIpc) is 3.55. The van der Waals surface area contributed by atoms with Crippen molar-refractivity contribution in [2.24, 2.45) is 4.99 Å². The number of nitriles is 1. The summed E-state index contributed by atoms with van der Waals surface area (Å²) in [4.78, 5) is 20.8. The molecule has 268 valence electrons. The summed E-state index contributed by atoms with van der Waals surface area (Å²) in [6.07, 6.45) is 0. The van der Waals surface area contributed by atoms with Gasteiger partial charge in [0.1, 0.15) is 10.3 Å². The molecule has 52 heavy (non-hydrogen) atoms. The van der Waals surface area contributed by atoms with Gasteiger partial charge >= 0.3 is 0 Å². The summed E-state index contributed by atoms with van der Waals surface area (Å²) in [6.45, 7) is 10.9. The summed E-state index contributed by atoms with van der Waals surface area (Å²) in [7, 11) is -6.27. The van der Waals surface area contributed by atoms with Crippen LogP contribution in [0.15, 0.2) is 112 Å². The molecule has 0 spiro atoms. The minimum Gasteiger partial charge on any atom is -0.415 e. The Balaban J connectivity index is 1.34. The SMILES string of the molecule is CC(C)(C)[Si](C)(C)OC[C@H]1CN(S(=O)(=O)c2cc3ccc(Cl)cc3s2)CC(=O)N1Cc1ccc(C#N)c(N=C(c2ccccc2)c2ccccc2)c1. The summed E-state index contributed by atoms with van der Waals surface area (Å²) in [6, 6.07) is 33.6. The van der Waals surface area contributed by atoms with E-state index in [4.69, 9.17) is 21.0 Å². The van der Waals surface area contributed by atoms with E-state index in [1.54, 1.807) is 35.2 Å². The summed E-state index contributed by atoms with van der Waals surface area (Å²) < 4.78 is 37.0. The van der Waals surface area contributed by atoms with Crippen LogP contribution < -0.4 is 0 Å². The normalized spacial score (nSPS) is 15.8. The lowest BCUT2D eigenvalue weighted by Crippen LogP contribution is -2.59. The van der Waals surface area contributed by atoms with Crippen molar-refractivity contribution in [3.63, 3.8) is 0 Å². The van der Waals surface area contributed by atoms with E-state index in [0.717, 1.165) is 38.1 Å². The van der Waals surface area contributed by atoms with Crippen LogP contribution in [0.25, 0.3) is 10.1 Å². The molecule has 0 saturated carbocycles. The van der Waals surface area contributed by atoms with Crippen molar-refractivity contribution in [2.75, 3.05) is 19.7 Å². The van der Waals surface area contributed by atoms with E-state index in [-0.39, 0.29) is 41.4 Å². The predicted molar refractivity (Wildman–Crippen MR) is 212 cm³/mol. The van der Waals surface area contributed by atoms with E-state index < -0.39 is 24.4 Å². The molecule has 0 N–H and O–H groups in total. The lowest BCUT2D eigenvalue weighted by molar-refractivity contribution is -0.139. The maximum Gasteiger partial charge on any atom is 0.253 e. The highest BCUT2D eigenvalue weighted by Gasteiger charge is 2.42. The smallest absolute Gasteiger partial charge is 0.253 e. The van der Waals surface area contributed by atoms with E-state index >= 15 is 0 Å². The lowest BCUT2D eigenvalue weighted by Gasteiger charge is -2.43. The fourth-order valence-corrected chi connectivity index (χ4v) is 10.1. The third-order valence-electron chi connectivity index (χ3n) is 9.85. The van der Waals surface area contributed by atoms with Gasteiger partial charge in [0.2, 0.25) is 5.91 Å². The first-order chi connectivity index (χ1) is 24.7. The first-order valence-electron chi connectivity index (χ1n) is 17.0. The Hall–Kier alpha value is -4.15. The number of piperazine rings is 1. The Morgan fingerprint density at radius 3 is 2.25 bits per heavy atom. The van der Waals surface area contributed by atoms with Gasteiger partial charge in [-0.2, -0.15) is 9.57 Å². The maximum absolute atomic E-state index is 14.1. The Kier molecular flexibility index (Phi) is 10.9. The molecule has 2 heterocycles. The minimum absolute atomic E-state index is 0.0746. The zero-order valence-electron chi connectivity index (χ0n) is 29.8. The van der Waals surface area contributed by atoms with E-state index in [0.29, 0.717) is 22.0 Å². The van der Waals surface area contributed by atoms with Crippen molar-refractivity contribution >= 4 is 68.7 Å². The van der Waals surface area contributed by atoms with Crippen molar-refractivity contribution in [2.45, 2.75) is 55.7 Å². The van der Waals surface area contributed by atoms with Gasteiger partial charge in [-0.25, -0.2) is 13.4 Å². The molecule has 1 aromatic heterocycles. The Bertz CT molecular complexity index is 2240. The minimum atomic E-state index is -4.00. The van der Waals surface area contributed by atoms with E-state index in [9.17, 15) is 18.5 Å². The van der Waals surface area contributed by atoms with Crippen LogP contribution in [0.1, 0.15) is 43.0 Å². The summed E-state index contributed by atoms with van der Waals surface area (Å²) in [5.41, 5.74) is 4.17. The van der Waals surface area contributed by atoms with Gasteiger partial charge in [0.15, 0.2) is 8.32 Å². The van der Waals surface area contributed by atoms with Crippen LogP contribution in [-0.2, 0) is 25.8 Å². The van der Waals surface area contributed by atoms with Crippen LogP contribution in [0.5, 0.6) is 0 Å². The number of rotatable bonds is 10. The number of hydrogen-bond donors (Lipinski definition) is 0. The van der Waals surface area contributed by atoms with Crippen LogP contribution >= 0.6 is 22.9 Å². The second-order valence-corrected chi connectivity index (χ2v) is 22.9. The average molecular weight is 769 g/mol. The van der Waals surface area contributed by atoms with Gasteiger partial charge in [-0.05, 0) is 59.4 Å². The molecule has 1 saturated heterocycles. The zero-order chi connectivity index (χ0) is 37.3. The molecule has 0 bridgehead atoms. The molecule has 8 nitrogen and oxygen atoms in total. The molecule has 0 unspecified atom stereocenters. The number of nitrogens with zero attached hydrogens (tertiary/aromatic N) is 4. The van der Waals surface area contributed by atoms with E-state index in [1.165, 1.54) is 4.31 Å². The molecule has 0 radical (unpaired) electrons. The molecule has 0 aliphatic carbocycles. The van der Waals surface area contributed by atoms with Gasteiger partial charge in [0.25, 0.3) is 10.0 Å². The second-order valence-electron chi connectivity index (χ2n) is 14.4. The molecule has 1 aliphatic rings. The first-order valence-corrected chi connectivity index (χ1v) is 22.6. The van der Waals surface area contributed by atoms with Crippen LogP contribution in [0, 0.1) is 11.3 Å². The highest BCUT2D eigenvalue weighted by atomic mass is 35.5. The second kappa shape index (κ2) is 15.1.